The fourth-order valence-electron chi connectivity index (χ4n) is 3.23. The lowest BCUT2D eigenvalue weighted by atomic mass is 9.96. The topological polar surface area (TPSA) is 259 Å². The summed E-state index contributed by atoms with van der Waals surface area (Å²) >= 11 is 6.54. The van der Waals surface area contributed by atoms with Crippen LogP contribution in [0.2, 0.25) is 0 Å². The van der Waals surface area contributed by atoms with E-state index in [1.165, 1.54) is 17.1 Å². The van der Waals surface area contributed by atoms with Gasteiger partial charge < -0.3 is 35.2 Å². The molecule has 2 aromatic rings. The van der Waals surface area contributed by atoms with Crippen LogP contribution in [-0.2, 0) is 31.6 Å². The van der Waals surface area contributed by atoms with Gasteiger partial charge >= 0.3 is 23.5 Å². The van der Waals surface area contributed by atoms with Gasteiger partial charge in [-0.3, -0.25) is 9.09 Å². The van der Waals surface area contributed by atoms with Crippen molar-refractivity contribution >= 4 is 52.2 Å². The molecule has 200 valence electrons. The molecule has 0 amide bonds. The average molecular weight is 596 g/mol. The molecule has 22 heteroatoms. The summed E-state index contributed by atoms with van der Waals surface area (Å²) in [5.74, 6) is 4.23. The van der Waals surface area contributed by atoms with Gasteiger partial charge in [0, 0.05) is 0 Å². The second-order valence-corrected chi connectivity index (χ2v) is 12.1. The Balaban J connectivity index is 1.91. The summed E-state index contributed by atoms with van der Waals surface area (Å²) in [4.78, 5) is 46.0. The van der Waals surface area contributed by atoms with E-state index in [1.807, 2.05) is 0 Å². The molecule has 7 N–H and O–H groups in total. The predicted octanol–water partition coefficient (Wildman–Crippen LogP) is 0.349. The zero-order chi connectivity index (χ0) is 27.1. The van der Waals surface area contributed by atoms with Crippen LogP contribution in [0, 0.1) is 11.8 Å². The Labute approximate surface area is 205 Å². The van der Waals surface area contributed by atoms with Gasteiger partial charge in [-0.15, -0.1) is 0 Å². The molecule has 0 aliphatic carbocycles. The monoisotopic (exact) mass is 595 g/mol. The van der Waals surface area contributed by atoms with Crippen molar-refractivity contribution in [1.82, 2.24) is 19.5 Å². The number of aliphatic hydroxyl groups is 1. The first-order valence-electron chi connectivity index (χ1n) is 9.34. The standard InChI is InChI=1S/C14H18ClFN5O12P3/c1-7(31-35(26,27)33-36(28,29)32-34(23,24)25)9-10(22)14(15,3-2-4-16)12(30-9)21-6-19-8-5-18-13(17)20-11(8)21/h5-7,9-10,12,22H,4H2,1H3,(H,26,27)(H,28,29)(H2,17,18,20)(H2,23,24,25)/t7-,9+,10-,12+,14?/m0/s1. The third-order valence-corrected chi connectivity index (χ3v) is 8.93. The Hall–Kier alpha value is -1.54. The Kier molecular flexibility index (Phi) is 8.32. The lowest BCUT2D eigenvalue weighted by Gasteiger charge is -2.26. The van der Waals surface area contributed by atoms with Gasteiger partial charge in [0.05, 0.1) is 18.6 Å². The number of aromatic nitrogens is 4. The Morgan fingerprint density at radius 2 is 1.94 bits per heavy atom. The minimum absolute atomic E-state index is 0.0768. The number of nitrogens with two attached hydrogens (primary N) is 1. The fraction of sp³-hybridized carbons (Fsp3) is 0.500. The highest BCUT2D eigenvalue weighted by atomic mass is 35.5. The molecule has 0 saturated carbocycles. The van der Waals surface area contributed by atoms with Gasteiger partial charge in [0.2, 0.25) is 5.95 Å². The maximum Gasteiger partial charge on any atom is 0.490 e. The highest BCUT2D eigenvalue weighted by Crippen LogP contribution is 2.66. The summed E-state index contributed by atoms with van der Waals surface area (Å²) in [5.41, 5.74) is 5.90. The SMILES string of the molecule is C[C@H](OP(=O)(O)OP(=O)(O)OP(=O)(O)O)[C@H]1O[C@@H](n2cnc3cnc(N)nc32)C(Cl)(C#CCF)[C@H]1O. The average Bonchev–Trinajstić information content (AvgIpc) is 3.22. The van der Waals surface area contributed by atoms with Crippen LogP contribution in [0.25, 0.3) is 11.2 Å². The molecule has 7 atom stereocenters. The Morgan fingerprint density at radius 3 is 2.56 bits per heavy atom. The van der Waals surface area contributed by atoms with Gasteiger partial charge in [0.25, 0.3) is 0 Å². The van der Waals surface area contributed by atoms with Crippen LogP contribution in [0.3, 0.4) is 0 Å². The van der Waals surface area contributed by atoms with E-state index in [-0.39, 0.29) is 17.1 Å². The summed E-state index contributed by atoms with van der Waals surface area (Å²) in [6.45, 7) is -0.101. The summed E-state index contributed by atoms with van der Waals surface area (Å²) < 4.78 is 66.3. The fourth-order valence-corrected chi connectivity index (χ4v) is 6.78. The highest BCUT2D eigenvalue weighted by molar-refractivity contribution is 7.66. The number of nitrogens with zero attached hydrogens (tertiary/aromatic N) is 4. The van der Waals surface area contributed by atoms with Crippen LogP contribution >= 0.6 is 35.1 Å². The number of phosphoric ester groups is 1. The van der Waals surface area contributed by atoms with E-state index in [1.54, 1.807) is 0 Å². The second kappa shape index (κ2) is 10.3. The largest absolute Gasteiger partial charge is 0.490 e. The van der Waals surface area contributed by atoms with E-state index in [2.05, 4.69) is 35.4 Å². The van der Waals surface area contributed by atoms with Gasteiger partial charge in [0.15, 0.2) is 16.7 Å². The number of rotatable bonds is 8. The van der Waals surface area contributed by atoms with Gasteiger partial charge in [-0.1, -0.05) is 23.4 Å². The van der Waals surface area contributed by atoms with E-state index in [4.69, 9.17) is 36.4 Å². The molecule has 17 nitrogen and oxygen atoms in total. The van der Waals surface area contributed by atoms with Crippen molar-refractivity contribution in [2.45, 2.75) is 36.3 Å². The molecular weight excluding hydrogens is 578 g/mol. The van der Waals surface area contributed by atoms with Gasteiger partial charge in [-0.25, -0.2) is 28.1 Å². The molecule has 1 saturated heterocycles. The Morgan fingerprint density at radius 1 is 1.28 bits per heavy atom. The maximum atomic E-state index is 12.8. The number of imidazole rings is 1. The molecular formula is C14H18ClFN5O12P3. The molecule has 36 heavy (non-hydrogen) atoms. The smallest absolute Gasteiger partial charge is 0.387 e. The molecule has 1 aliphatic rings. The second-order valence-electron chi connectivity index (χ2n) is 7.09. The molecule has 2 aromatic heterocycles. The number of aliphatic hydroxyl groups excluding tert-OH is 1. The predicted molar refractivity (Wildman–Crippen MR) is 116 cm³/mol. The van der Waals surface area contributed by atoms with Crippen molar-refractivity contribution in [3.8, 4) is 11.8 Å². The third kappa shape index (κ3) is 6.47. The zero-order valence-corrected chi connectivity index (χ0v) is 21.2. The molecule has 0 radical (unpaired) electrons. The van der Waals surface area contributed by atoms with E-state index < -0.39 is 59.6 Å². The molecule has 3 unspecified atom stereocenters. The molecule has 0 aromatic carbocycles. The van der Waals surface area contributed by atoms with Crippen LogP contribution in [0.1, 0.15) is 13.2 Å². The van der Waals surface area contributed by atoms with Gasteiger partial charge in [-0.05, 0) is 6.92 Å². The number of anilines is 1. The summed E-state index contributed by atoms with van der Waals surface area (Å²) in [6.07, 6.45) is -4.16. The molecule has 3 rings (SSSR count). The summed E-state index contributed by atoms with van der Waals surface area (Å²) in [5, 5.41) is 10.9. The number of ether oxygens (including phenoxy) is 1. The van der Waals surface area contributed by atoms with Crippen LogP contribution in [0.5, 0.6) is 0 Å². The maximum absolute atomic E-state index is 12.8. The first-order chi connectivity index (χ1) is 16.5. The normalized spacial score (nSPS) is 28.7. The van der Waals surface area contributed by atoms with Crippen molar-refractivity contribution in [2.75, 3.05) is 12.4 Å². The number of phosphoric acid groups is 3. The first kappa shape index (κ1) is 29.0. The van der Waals surface area contributed by atoms with E-state index in [0.717, 1.165) is 6.92 Å². The van der Waals surface area contributed by atoms with E-state index >= 15 is 0 Å². The Bertz CT molecular complexity index is 1350. The van der Waals surface area contributed by atoms with Crippen LogP contribution in [0.15, 0.2) is 12.5 Å². The van der Waals surface area contributed by atoms with Gasteiger partial charge in [-0.2, -0.15) is 13.6 Å². The third-order valence-electron chi connectivity index (χ3n) is 4.50. The van der Waals surface area contributed by atoms with Crippen LogP contribution in [0.4, 0.5) is 10.3 Å². The van der Waals surface area contributed by atoms with Crippen LogP contribution in [-0.4, -0.2) is 74.1 Å². The lowest BCUT2D eigenvalue weighted by molar-refractivity contribution is -0.0728. The number of hydrogen-bond donors (Lipinski definition) is 6. The van der Waals surface area contributed by atoms with Crippen LogP contribution < -0.4 is 5.73 Å². The van der Waals surface area contributed by atoms with Crippen molar-refractivity contribution in [2.24, 2.45) is 0 Å². The molecule has 1 aliphatic heterocycles. The quantitative estimate of drug-likeness (QED) is 0.137. The van der Waals surface area contributed by atoms with Crippen molar-refractivity contribution in [1.29, 1.82) is 0 Å². The van der Waals surface area contributed by atoms with Gasteiger partial charge in [0.1, 0.15) is 24.4 Å². The van der Waals surface area contributed by atoms with E-state index in [9.17, 15) is 33.0 Å². The van der Waals surface area contributed by atoms with E-state index in [0.29, 0.717) is 0 Å². The number of hydrogen-bond acceptors (Lipinski definition) is 12. The van der Waals surface area contributed by atoms with Crippen molar-refractivity contribution in [3.63, 3.8) is 0 Å². The molecule has 0 spiro atoms. The minimum atomic E-state index is -5.80. The minimum Gasteiger partial charge on any atom is -0.387 e. The zero-order valence-electron chi connectivity index (χ0n) is 17.7. The number of halogens is 2. The number of alkyl halides is 2. The van der Waals surface area contributed by atoms with Crippen molar-refractivity contribution < 1.29 is 60.6 Å². The number of nitrogen functional groups attached to an aromatic ring is 1. The highest BCUT2D eigenvalue weighted by Gasteiger charge is 2.58. The summed E-state index contributed by atoms with van der Waals surface area (Å²) in [6, 6.07) is 0. The number of fused-ring (bicyclic) bond motifs is 1. The van der Waals surface area contributed by atoms with Crippen molar-refractivity contribution in [3.05, 3.63) is 12.5 Å². The molecule has 0 bridgehead atoms. The molecule has 3 heterocycles. The molecule has 1 fully saturated rings. The first-order valence-corrected chi connectivity index (χ1v) is 14.2. The summed E-state index contributed by atoms with van der Waals surface area (Å²) in [7, 11) is -17.0. The lowest BCUT2D eigenvalue weighted by Crippen LogP contribution is -2.43.